The number of carbonyl (C=O) groups is 2. The van der Waals surface area contributed by atoms with Gasteiger partial charge in [-0.1, -0.05) is 31.0 Å². The first-order chi connectivity index (χ1) is 13.1. The number of carboxylic acid groups (broad SMARTS) is 1. The van der Waals surface area contributed by atoms with Crippen molar-refractivity contribution in [2.75, 3.05) is 39.3 Å². The van der Waals surface area contributed by atoms with Gasteiger partial charge in [0, 0.05) is 19.0 Å². The second kappa shape index (κ2) is 7.50. The standard InChI is InChI=1S/C21H28N2O4/c24-19(13-22-9-5-1-2-6-10-22)23-12-17-14-27-18-8-4-3-7-16(18)11-21(17,15-23)20(25)26/h3-4,7-8,17H,1-2,5-6,9-15H2,(H,25,26)/t17-,21+/m0/s1. The van der Waals surface area contributed by atoms with E-state index in [1.165, 1.54) is 12.8 Å². The summed E-state index contributed by atoms with van der Waals surface area (Å²) in [6.45, 7) is 3.41. The first-order valence-electron chi connectivity index (χ1n) is 10.0. The number of fused-ring (bicyclic) bond motifs is 2. The largest absolute Gasteiger partial charge is 0.493 e. The predicted octanol–water partition coefficient (Wildman–Crippen LogP) is 2.03. The van der Waals surface area contributed by atoms with Crippen LogP contribution in [0.3, 0.4) is 0 Å². The van der Waals surface area contributed by atoms with E-state index >= 15 is 0 Å². The zero-order valence-electron chi connectivity index (χ0n) is 15.7. The Morgan fingerprint density at radius 2 is 1.89 bits per heavy atom. The van der Waals surface area contributed by atoms with Crippen LogP contribution >= 0.6 is 0 Å². The number of carbonyl (C=O) groups excluding carboxylic acids is 1. The Kier molecular flexibility index (Phi) is 5.08. The summed E-state index contributed by atoms with van der Waals surface area (Å²) in [5.74, 6) is -0.179. The maximum atomic E-state index is 12.9. The highest BCUT2D eigenvalue weighted by Gasteiger charge is 2.55. The number of amides is 1. The van der Waals surface area contributed by atoms with Crippen molar-refractivity contribution >= 4 is 11.9 Å². The molecule has 0 bridgehead atoms. The van der Waals surface area contributed by atoms with Gasteiger partial charge in [0.1, 0.15) is 5.75 Å². The summed E-state index contributed by atoms with van der Waals surface area (Å²) in [6.07, 6.45) is 5.15. The Morgan fingerprint density at radius 1 is 1.15 bits per heavy atom. The number of likely N-dealkylation sites (tertiary alicyclic amines) is 2. The van der Waals surface area contributed by atoms with Gasteiger partial charge in [0.05, 0.1) is 18.6 Å². The highest BCUT2D eigenvalue weighted by molar-refractivity contribution is 5.82. The molecule has 0 aromatic heterocycles. The molecule has 3 aliphatic rings. The van der Waals surface area contributed by atoms with Crippen LogP contribution in [0.15, 0.2) is 24.3 Å². The maximum absolute atomic E-state index is 12.9. The van der Waals surface area contributed by atoms with Crippen LogP contribution in [0.1, 0.15) is 31.2 Å². The molecule has 2 atom stereocenters. The molecule has 27 heavy (non-hydrogen) atoms. The quantitative estimate of drug-likeness (QED) is 0.879. The molecule has 3 heterocycles. The number of para-hydroxylation sites is 1. The Hall–Kier alpha value is -2.08. The third-order valence-corrected chi connectivity index (χ3v) is 6.45. The van der Waals surface area contributed by atoms with Gasteiger partial charge >= 0.3 is 5.97 Å². The van der Waals surface area contributed by atoms with Gasteiger partial charge in [-0.3, -0.25) is 14.5 Å². The van der Waals surface area contributed by atoms with Gasteiger partial charge in [0.2, 0.25) is 5.91 Å². The molecule has 1 N–H and O–H groups in total. The second-order valence-electron chi connectivity index (χ2n) is 8.22. The molecule has 1 amide bonds. The van der Waals surface area contributed by atoms with Crippen LogP contribution in [0, 0.1) is 11.3 Å². The van der Waals surface area contributed by atoms with Gasteiger partial charge < -0.3 is 14.7 Å². The first kappa shape index (κ1) is 18.3. The summed E-state index contributed by atoms with van der Waals surface area (Å²) in [5.41, 5.74) is -0.0367. The lowest BCUT2D eigenvalue weighted by Gasteiger charge is -2.28. The number of nitrogens with zero attached hydrogens (tertiary/aromatic N) is 2. The van der Waals surface area contributed by atoms with Crippen molar-refractivity contribution < 1.29 is 19.4 Å². The molecule has 1 aromatic rings. The molecule has 0 unspecified atom stereocenters. The lowest BCUT2D eigenvalue weighted by atomic mass is 9.74. The van der Waals surface area contributed by atoms with E-state index in [0.29, 0.717) is 26.1 Å². The Balaban J connectivity index is 1.51. The number of ether oxygens (including phenoxy) is 1. The van der Waals surface area contributed by atoms with E-state index in [1.54, 1.807) is 4.90 Å². The summed E-state index contributed by atoms with van der Waals surface area (Å²) < 4.78 is 5.92. The van der Waals surface area contributed by atoms with Gasteiger partial charge in [-0.05, 0) is 44.0 Å². The monoisotopic (exact) mass is 372 g/mol. The van der Waals surface area contributed by atoms with E-state index in [4.69, 9.17) is 4.74 Å². The van der Waals surface area contributed by atoms with E-state index in [2.05, 4.69) is 4.90 Å². The first-order valence-corrected chi connectivity index (χ1v) is 10.0. The molecule has 4 rings (SSSR count). The molecular weight excluding hydrogens is 344 g/mol. The van der Waals surface area contributed by atoms with Crippen molar-refractivity contribution in [3.8, 4) is 5.75 Å². The average Bonchev–Trinajstić information content (AvgIpc) is 2.80. The van der Waals surface area contributed by atoms with Crippen LogP contribution in [-0.4, -0.2) is 66.1 Å². The van der Waals surface area contributed by atoms with Crippen molar-refractivity contribution in [2.24, 2.45) is 11.3 Å². The van der Waals surface area contributed by atoms with Gasteiger partial charge in [-0.25, -0.2) is 0 Å². The SMILES string of the molecule is O=C(CN1CCCCCC1)N1C[C@H]2COc3ccccc3C[C@@]2(C(=O)O)C1. The minimum absolute atomic E-state index is 0.0545. The molecule has 0 radical (unpaired) electrons. The van der Waals surface area contributed by atoms with E-state index in [-0.39, 0.29) is 18.4 Å². The molecular formula is C21H28N2O4. The maximum Gasteiger partial charge on any atom is 0.312 e. The fraction of sp³-hybridized carbons (Fsp3) is 0.619. The minimum atomic E-state index is -0.957. The molecule has 0 spiro atoms. The van der Waals surface area contributed by atoms with Gasteiger partial charge in [0.25, 0.3) is 0 Å². The van der Waals surface area contributed by atoms with E-state index in [1.807, 2.05) is 24.3 Å². The fourth-order valence-electron chi connectivity index (χ4n) is 4.80. The van der Waals surface area contributed by atoms with Crippen LogP contribution in [0.5, 0.6) is 5.75 Å². The van der Waals surface area contributed by atoms with Crippen LogP contribution < -0.4 is 4.74 Å². The molecule has 0 aliphatic carbocycles. The fourth-order valence-corrected chi connectivity index (χ4v) is 4.80. The number of hydrogen-bond donors (Lipinski definition) is 1. The van der Waals surface area contributed by atoms with Crippen LogP contribution in [0.25, 0.3) is 0 Å². The molecule has 0 saturated carbocycles. The summed E-state index contributed by atoms with van der Waals surface area (Å²) in [5, 5.41) is 10.1. The minimum Gasteiger partial charge on any atom is -0.493 e. The Bertz CT molecular complexity index is 714. The van der Waals surface area contributed by atoms with Crippen molar-refractivity contribution in [2.45, 2.75) is 32.1 Å². The lowest BCUT2D eigenvalue weighted by Crippen LogP contribution is -2.44. The molecule has 2 saturated heterocycles. The van der Waals surface area contributed by atoms with Crippen molar-refractivity contribution in [3.63, 3.8) is 0 Å². The summed E-state index contributed by atoms with van der Waals surface area (Å²) in [6, 6.07) is 7.65. The lowest BCUT2D eigenvalue weighted by molar-refractivity contribution is -0.151. The van der Waals surface area contributed by atoms with Gasteiger partial charge in [-0.15, -0.1) is 0 Å². The van der Waals surface area contributed by atoms with E-state index in [0.717, 1.165) is 37.2 Å². The number of aliphatic carboxylic acids is 1. The van der Waals surface area contributed by atoms with Crippen molar-refractivity contribution in [1.82, 2.24) is 9.80 Å². The smallest absolute Gasteiger partial charge is 0.312 e. The van der Waals surface area contributed by atoms with E-state index < -0.39 is 11.4 Å². The van der Waals surface area contributed by atoms with Crippen molar-refractivity contribution in [3.05, 3.63) is 29.8 Å². The topological polar surface area (TPSA) is 70.1 Å². The molecule has 3 aliphatic heterocycles. The highest BCUT2D eigenvalue weighted by Crippen LogP contribution is 2.44. The third-order valence-electron chi connectivity index (χ3n) is 6.45. The van der Waals surface area contributed by atoms with Crippen LogP contribution in [-0.2, 0) is 16.0 Å². The molecule has 2 fully saturated rings. The molecule has 1 aromatic carbocycles. The number of benzene rings is 1. The zero-order valence-corrected chi connectivity index (χ0v) is 15.7. The zero-order chi connectivity index (χ0) is 18.9. The Labute approximate surface area is 160 Å². The third kappa shape index (κ3) is 3.55. The number of hydrogen-bond acceptors (Lipinski definition) is 4. The summed E-state index contributed by atoms with van der Waals surface area (Å²) in [7, 11) is 0. The van der Waals surface area contributed by atoms with Gasteiger partial charge in [0.15, 0.2) is 0 Å². The normalized spacial score (nSPS) is 28.4. The Morgan fingerprint density at radius 3 is 2.63 bits per heavy atom. The number of carboxylic acids is 1. The van der Waals surface area contributed by atoms with Crippen LogP contribution in [0.4, 0.5) is 0 Å². The molecule has 146 valence electrons. The summed E-state index contributed by atoms with van der Waals surface area (Å²) >= 11 is 0. The predicted molar refractivity (Wildman–Crippen MR) is 101 cm³/mol. The van der Waals surface area contributed by atoms with Crippen molar-refractivity contribution in [1.29, 1.82) is 0 Å². The van der Waals surface area contributed by atoms with Gasteiger partial charge in [-0.2, -0.15) is 0 Å². The highest BCUT2D eigenvalue weighted by atomic mass is 16.5. The average molecular weight is 372 g/mol. The number of rotatable bonds is 3. The summed E-state index contributed by atoms with van der Waals surface area (Å²) in [4.78, 5) is 29.2. The molecule has 6 heteroatoms. The van der Waals surface area contributed by atoms with E-state index in [9.17, 15) is 14.7 Å². The second-order valence-corrected chi connectivity index (χ2v) is 8.22. The molecule has 6 nitrogen and oxygen atoms in total. The van der Waals surface area contributed by atoms with Crippen LogP contribution in [0.2, 0.25) is 0 Å².